The lowest BCUT2D eigenvalue weighted by Crippen LogP contribution is -2.33. The highest BCUT2D eigenvalue weighted by Gasteiger charge is 2.19. The zero-order chi connectivity index (χ0) is 15.1. The van der Waals surface area contributed by atoms with E-state index in [1.807, 2.05) is 0 Å². The van der Waals surface area contributed by atoms with Crippen LogP contribution in [0.4, 0.5) is 5.69 Å². The summed E-state index contributed by atoms with van der Waals surface area (Å²) in [7, 11) is 3.89. The Balaban J connectivity index is 1.94. The van der Waals surface area contributed by atoms with E-state index in [1.54, 1.807) is 7.11 Å². The summed E-state index contributed by atoms with van der Waals surface area (Å²) in [5, 5.41) is 4.20. The predicted octanol–water partition coefficient (Wildman–Crippen LogP) is 3.84. The minimum Gasteiger partial charge on any atom is -0.383 e. The van der Waals surface area contributed by atoms with E-state index < -0.39 is 0 Å². The summed E-state index contributed by atoms with van der Waals surface area (Å²) in [6.07, 6.45) is 6.63. The van der Waals surface area contributed by atoms with Crippen LogP contribution in [0.3, 0.4) is 0 Å². The second kappa shape index (κ2) is 8.62. The summed E-state index contributed by atoms with van der Waals surface area (Å²) in [6.45, 7) is 2.42. The fourth-order valence-corrected chi connectivity index (χ4v) is 3.35. The molecule has 0 radical (unpaired) electrons. The number of hydrogen-bond donors (Lipinski definition) is 1. The van der Waals surface area contributed by atoms with Crippen LogP contribution in [0.1, 0.15) is 37.7 Å². The largest absolute Gasteiger partial charge is 0.383 e. The van der Waals surface area contributed by atoms with E-state index in [0.29, 0.717) is 6.04 Å². The summed E-state index contributed by atoms with van der Waals surface area (Å²) >= 11 is 6.49. The van der Waals surface area contributed by atoms with Crippen LogP contribution in [-0.2, 0) is 11.3 Å². The van der Waals surface area contributed by atoms with Crippen LogP contribution in [0.25, 0.3) is 0 Å². The van der Waals surface area contributed by atoms with Crippen LogP contribution < -0.4 is 10.2 Å². The minimum absolute atomic E-state index is 0.641. The van der Waals surface area contributed by atoms with E-state index in [1.165, 1.54) is 37.7 Å². The molecule has 118 valence electrons. The molecule has 4 heteroatoms. The first-order valence-electron chi connectivity index (χ1n) is 7.93. The molecule has 0 aliphatic heterocycles. The van der Waals surface area contributed by atoms with Crippen LogP contribution in [0.15, 0.2) is 18.2 Å². The standard InChI is InChI=1S/C17H27ClN2O/c1-20(15-6-4-3-5-7-15)17-9-8-14(12-16(17)18)13-19-10-11-21-2/h8-9,12,15,19H,3-7,10-11,13H2,1-2H3. The van der Waals surface area contributed by atoms with Crippen molar-refractivity contribution in [3.63, 3.8) is 0 Å². The molecular formula is C17H27ClN2O. The van der Waals surface area contributed by atoms with Crippen molar-refractivity contribution in [1.82, 2.24) is 5.32 Å². The highest BCUT2D eigenvalue weighted by molar-refractivity contribution is 6.33. The molecule has 0 heterocycles. The molecule has 3 nitrogen and oxygen atoms in total. The molecular weight excluding hydrogens is 284 g/mol. The molecule has 1 aliphatic carbocycles. The van der Waals surface area contributed by atoms with Crippen LogP contribution in [-0.4, -0.2) is 33.4 Å². The third-order valence-corrected chi connectivity index (χ3v) is 4.63. The first kappa shape index (κ1) is 16.6. The van der Waals surface area contributed by atoms with Gasteiger partial charge < -0.3 is 15.0 Å². The van der Waals surface area contributed by atoms with Gasteiger partial charge in [0, 0.05) is 33.3 Å². The number of anilines is 1. The topological polar surface area (TPSA) is 24.5 Å². The maximum absolute atomic E-state index is 6.49. The van der Waals surface area contributed by atoms with Crippen molar-refractivity contribution in [1.29, 1.82) is 0 Å². The summed E-state index contributed by atoms with van der Waals surface area (Å²) in [4.78, 5) is 2.36. The van der Waals surface area contributed by atoms with Gasteiger partial charge >= 0.3 is 0 Å². The molecule has 1 saturated carbocycles. The second-order valence-corrected chi connectivity index (χ2v) is 6.27. The lowest BCUT2D eigenvalue weighted by Gasteiger charge is -2.33. The summed E-state index contributed by atoms with van der Waals surface area (Å²) in [5.41, 5.74) is 2.38. The van der Waals surface area contributed by atoms with Gasteiger partial charge in [0.05, 0.1) is 17.3 Å². The SMILES string of the molecule is COCCNCc1ccc(N(C)C2CCCCC2)c(Cl)c1. The Morgan fingerprint density at radius 1 is 1.29 bits per heavy atom. The quantitative estimate of drug-likeness (QED) is 0.774. The average molecular weight is 311 g/mol. The Hall–Kier alpha value is -0.770. The number of hydrogen-bond acceptors (Lipinski definition) is 3. The molecule has 0 saturated heterocycles. The Kier molecular flexibility index (Phi) is 6.81. The first-order valence-corrected chi connectivity index (χ1v) is 8.31. The van der Waals surface area contributed by atoms with Crippen LogP contribution in [0.2, 0.25) is 5.02 Å². The molecule has 1 fully saturated rings. The monoisotopic (exact) mass is 310 g/mol. The van der Waals surface area contributed by atoms with Crippen LogP contribution in [0, 0.1) is 0 Å². The van der Waals surface area contributed by atoms with E-state index in [2.05, 4.69) is 35.5 Å². The van der Waals surface area contributed by atoms with Crippen molar-refractivity contribution >= 4 is 17.3 Å². The molecule has 1 aromatic rings. The average Bonchev–Trinajstić information content (AvgIpc) is 2.52. The maximum Gasteiger partial charge on any atom is 0.0642 e. The smallest absolute Gasteiger partial charge is 0.0642 e. The van der Waals surface area contributed by atoms with E-state index >= 15 is 0 Å². The van der Waals surface area contributed by atoms with Gasteiger partial charge in [-0.3, -0.25) is 0 Å². The molecule has 0 bridgehead atoms. The Morgan fingerprint density at radius 3 is 2.71 bits per heavy atom. The van der Waals surface area contributed by atoms with Gasteiger partial charge in [0.1, 0.15) is 0 Å². The maximum atomic E-state index is 6.49. The number of rotatable bonds is 7. The number of benzene rings is 1. The van der Waals surface area contributed by atoms with Crippen molar-refractivity contribution in [2.24, 2.45) is 0 Å². The zero-order valence-corrected chi connectivity index (χ0v) is 14.0. The van der Waals surface area contributed by atoms with E-state index in [4.69, 9.17) is 16.3 Å². The van der Waals surface area contributed by atoms with Gasteiger partial charge in [0.15, 0.2) is 0 Å². The highest BCUT2D eigenvalue weighted by atomic mass is 35.5. The fraction of sp³-hybridized carbons (Fsp3) is 0.647. The molecule has 1 aliphatic rings. The molecule has 1 N–H and O–H groups in total. The molecule has 0 spiro atoms. The van der Waals surface area contributed by atoms with Gasteiger partial charge in [-0.15, -0.1) is 0 Å². The fourth-order valence-electron chi connectivity index (χ4n) is 3.02. The van der Waals surface area contributed by atoms with Crippen molar-refractivity contribution in [2.45, 2.75) is 44.7 Å². The van der Waals surface area contributed by atoms with Crippen molar-refractivity contribution in [2.75, 3.05) is 32.2 Å². The molecule has 0 amide bonds. The van der Waals surface area contributed by atoms with Crippen LogP contribution >= 0.6 is 11.6 Å². The van der Waals surface area contributed by atoms with Crippen LogP contribution in [0.5, 0.6) is 0 Å². The van der Waals surface area contributed by atoms with Gasteiger partial charge in [-0.1, -0.05) is 36.9 Å². The summed E-state index contributed by atoms with van der Waals surface area (Å²) in [5.74, 6) is 0. The minimum atomic E-state index is 0.641. The molecule has 0 unspecified atom stereocenters. The van der Waals surface area contributed by atoms with Gasteiger partial charge in [-0.2, -0.15) is 0 Å². The van der Waals surface area contributed by atoms with E-state index in [-0.39, 0.29) is 0 Å². The van der Waals surface area contributed by atoms with E-state index in [0.717, 1.165) is 30.4 Å². The molecule has 21 heavy (non-hydrogen) atoms. The lowest BCUT2D eigenvalue weighted by atomic mass is 9.94. The van der Waals surface area contributed by atoms with Gasteiger partial charge in [-0.05, 0) is 30.5 Å². The lowest BCUT2D eigenvalue weighted by molar-refractivity contribution is 0.199. The Labute approximate surface area is 133 Å². The molecule has 1 aromatic carbocycles. The van der Waals surface area contributed by atoms with Gasteiger partial charge in [0.2, 0.25) is 0 Å². The molecule has 0 aromatic heterocycles. The summed E-state index contributed by atoms with van der Waals surface area (Å²) < 4.78 is 5.03. The first-order chi connectivity index (χ1) is 10.2. The second-order valence-electron chi connectivity index (χ2n) is 5.86. The molecule has 2 rings (SSSR count). The molecule has 0 atom stereocenters. The van der Waals surface area contributed by atoms with Gasteiger partial charge in [0.25, 0.3) is 0 Å². The highest BCUT2D eigenvalue weighted by Crippen LogP contribution is 2.31. The number of ether oxygens (including phenoxy) is 1. The predicted molar refractivity (Wildman–Crippen MR) is 90.3 cm³/mol. The number of methoxy groups -OCH3 is 1. The number of nitrogens with zero attached hydrogens (tertiary/aromatic N) is 1. The number of halogens is 1. The summed E-state index contributed by atoms with van der Waals surface area (Å²) in [6, 6.07) is 7.04. The van der Waals surface area contributed by atoms with Crippen molar-refractivity contribution in [3.05, 3.63) is 28.8 Å². The number of nitrogens with one attached hydrogen (secondary N) is 1. The zero-order valence-electron chi connectivity index (χ0n) is 13.2. The Morgan fingerprint density at radius 2 is 2.05 bits per heavy atom. The van der Waals surface area contributed by atoms with Gasteiger partial charge in [-0.25, -0.2) is 0 Å². The van der Waals surface area contributed by atoms with E-state index in [9.17, 15) is 0 Å². The van der Waals surface area contributed by atoms with Crippen molar-refractivity contribution in [3.8, 4) is 0 Å². The third kappa shape index (κ3) is 4.87. The Bertz CT molecular complexity index is 433. The van der Waals surface area contributed by atoms with Crippen molar-refractivity contribution < 1.29 is 4.74 Å². The third-order valence-electron chi connectivity index (χ3n) is 4.33. The normalized spacial score (nSPS) is 16.1.